The van der Waals surface area contributed by atoms with Gasteiger partial charge in [-0.05, 0) is 42.3 Å². The van der Waals surface area contributed by atoms with Crippen molar-refractivity contribution in [1.29, 1.82) is 0 Å². The molecular weight excluding hydrogens is 296 g/mol. The van der Waals surface area contributed by atoms with Crippen LogP contribution in [0.1, 0.15) is 30.5 Å². The average Bonchev–Trinajstić information content (AvgIpc) is 2.43. The molecule has 1 unspecified atom stereocenters. The molecule has 1 nitrogen and oxygen atoms in total. The van der Waals surface area contributed by atoms with Gasteiger partial charge in [-0.1, -0.05) is 42.3 Å². The first-order chi connectivity index (χ1) is 9.60. The van der Waals surface area contributed by atoms with Gasteiger partial charge in [-0.2, -0.15) is 0 Å². The molecule has 20 heavy (non-hydrogen) atoms. The number of hydrogen-bond donors (Lipinski definition) is 1. The van der Waals surface area contributed by atoms with Crippen molar-refractivity contribution in [3.05, 3.63) is 69.5 Å². The minimum absolute atomic E-state index is 0.132. The van der Waals surface area contributed by atoms with Crippen LogP contribution in [0.15, 0.2) is 42.5 Å². The van der Waals surface area contributed by atoms with Crippen LogP contribution in [0.4, 0.5) is 4.39 Å². The van der Waals surface area contributed by atoms with E-state index in [-0.39, 0.29) is 11.9 Å². The van der Waals surface area contributed by atoms with Crippen LogP contribution in [0.2, 0.25) is 10.0 Å². The Kier molecular flexibility index (Phi) is 5.41. The summed E-state index contributed by atoms with van der Waals surface area (Å²) in [6.45, 7) is 2.50. The van der Waals surface area contributed by atoms with Crippen molar-refractivity contribution in [1.82, 2.24) is 5.32 Å². The molecule has 0 heterocycles. The smallest absolute Gasteiger partial charge is 0.127 e. The molecule has 0 radical (unpaired) electrons. The van der Waals surface area contributed by atoms with Crippen LogP contribution in [-0.4, -0.2) is 0 Å². The first-order valence-corrected chi connectivity index (χ1v) is 7.28. The molecule has 0 saturated heterocycles. The maximum absolute atomic E-state index is 13.7. The highest BCUT2D eigenvalue weighted by Crippen LogP contribution is 2.22. The minimum Gasteiger partial charge on any atom is -0.306 e. The Labute approximate surface area is 128 Å². The first kappa shape index (κ1) is 15.3. The Hall–Kier alpha value is -1.09. The second-order valence-corrected chi connectivity index (χ2v) is 5.51. The highest BCUT2D eigenvalue weighted by molar-refractivity contribution is 6.30. The predicted octanol–water partition coefficient (Wildman–Crippen LogP) is 5.37. The van der Waals surface area contributed by atoms with Gasteiger partial charge in [0.1, 0.15) is 5.82 Å². The molecule has 4 heteroatoms. The van der Waals surface area contributed by atoms with E-state index in [2.05, 4.69) is 12.2 Å². The fourth-order valence-electron chi connectivity index (χ4n) is 2.13. The topological polar surface area (TPSA) is 12.0 Å². The summed E-state index contributed by atoms with van der Waals surface area (Å²) in [5, 5.41) is 4.59. The highest BCUT2D eigenvalue weighted by Gasteiger charge is 2.10. The van der Waals surface area contributed by atoms with Crippen LogP contribution in [-0.2, 0) is 6.54 Å². The lowest BCUT2D eigenvalue weighted by Gasteiger charge is -2.18. The largest absolute Gasteiger partial charge is 0.306 e. The Morgan fingerprint density at radius 1 is 1.10 bits per heavy atom. The monoisotopic (exact) mass is 311 g/mol. The molecule has 2 aromatic rings. The van der Waals surface area contributed by atoms with Gasteiger partial charge < -0.3 is 5.32 Å². The van der Waals surface area contributed by atoms with Crippen LogP contribution < -0.4 is 5.32 Å². The Bertz CT molecular complexity index is 586. The zero-order valence-corrected chi connectivity index (χ0v) is 12.7. The zero-order chi connectivity index (χ0) is 14.5. The molecular formula is C16H16Cl2FN. The normalized spacial score (nSPS) is 12.4. The van der Waals surface area contributed by atoms with Crippen molar-refractivity contribution in [2.75, 3.05) is 0 Å². The van der Waals surface area contributed by atoms with E-state index in [0.29, 0.717) is 22.2 Å². The van der Waals surface area contributed by atoms with Gasteiger partial charge in [-0.15, -0.1) is 0 Å². The van der Waals surface area contributed by atoms with Gasteiger partial charge in [-0.3, -0.25) is 0 Å². The van der Waals surface area contributed by atoms with Crippen molar-refractivity contribution in [3.63, 3.8) is 0 Å². The molecule has 2 rings (SSSR count). The van der Waals surface area contributed by atoms with Crippen molar-refractivity contribution < 1.29 is 4.39 Å². The SMILES string of the molecule is CCC(NCc1cc(Cl)ccc1F)c1cccc(Cl)c1. The molecule has 1 atom stereocenters. The third-order valence-electron chi connectivity index (χ3n) is 3.21. The van der Waals surface area contributed by atoms with Gasteiger partial charge in [0.25, 0.3) is 0 Å². The summed E-state index contributed by atoms with van der Waals surface area (Å²) >= 11 is 11.9. The summed E-state index contributed by atoms with van der Waals surface area (Å²) in [5.74, 6) is -0.247. The third kappa shape index (κ3) is 3.95. The van der Waals surface area contributed by atoms with Gasteiger partial charge in [0.15, 0.2) is 0 Å². The van der Waals surface area contributed by atoms with E-state index in [9.17, 15) is 4.39 Å². The number of rotatable bonds is 5. The van der Waals surface area contributed by atoms with Crippen molar-refractivity contribution >= 4 is 23.2 Å². The number of hydrogen-bond acceptors (Lipinski definition) is 1. The first-order valence-electron chi connectivity index (χ1n) is 6.53. The van der Waals surface area contributed by atoms with Gasteiger partial charge in [-0.25, -0.2) is 4.39 Å². The van der Waals surface area contributed by atoms with Gasteiger partial charge in [0.05, 0.1) is 0 Å². The van der Waals surface area contributed by atoms with E-state index in [4.69, 9.17) is 23.2 Å². The van der Waals surface area contributed by atoms with Crippen LogP contribution in [0.3, 0.4) is 0 Å². The Morgan fingerprint density at radius 3 is 2.55 bits per heavy atom. The van der Waals surface area contributed by atoms with E-state index in [1.54, 1.807) is 12.1 Å². The van der Waals surface area contributed by atoms with Crippen LogP contribution in [0.25, 0.3) is 0 Å². The maximum atomic E-state index is 13.7. The summed E-state index contributed by atoms with van der Waals surface area (Å²) in [5.41, 5.74) is 1.67. The van der Waals surface area contributed by atoms with Crippen molar-refractivity contribution in [2.24, 2.45) is 0 Å². The summed E-state index contributed by atoms with van der Waals surface area (Å²) in [6, 6.07) is 12.4. The van der Waals surface area contributed by atoms with Crippen LogP contribution >= 0.6 is 23.2 Å². The molecule has 0 aromatic heterocycles. The summed E-state index contributed by atoms with van der Waals surface area (Å²) in [6.07, 6.45) is 0.891. The lowest BCUT2D eigenvalue weighted by molar-refractivity contribution is 0.504. The fourth-order valence-corrected chi connectivity index (χ4v) is 2.53. The number of nitrogens with one attached hydrogen (secondary N) is 1. The van der Waals surface area contributed by atoms with Crippen molar-refractivity contribution in [2.45, 2.75) is 25.9 Å². The molecule has 0 aliphatic heterocycles. The second kappa shape index (κ2) is 7.07. The summed E-state index contributed by atoms with van der Waals surface area (Å²) in [7, 11) is 0. The van der Waals surface area contributed by atoms with E-state index in [1.165, 1.54) is 6.07 Å². The molecule has 2 aromatic carbocycles. The lowest BCUT2D eigenvalue weighted by atomic mass is 10.0. The maximum Gasteiger partial charge on any atom is 0.127 e. The molecule has 0 spiro atoms. The molecule has 0 saturated carbocycles. The van der Waals surface area contributed by atoms with Gasteiger partial charge in [0, 0.05) is 28.2 Å². The molecule has 0 aliphatic carbocycles. The second-order valence-electron chi connectivity index (χ2n) is 4.63. The lowest BCUT2D eigenvalue weighted by Crippen LogP contribution is -2.20. The molecule has 106 valence electrons. The fraction of sp³-hybridized carbons (Fsp3) is 0.250. The Morgan fingerprint density at radius 2 is 1.85 bits per heavy atom. The standard InChI is InChI=1S/C16H16Cl2FN/c1-2-16(11-4-3-5-13(17)8-11)20-10-12-9-14(18)6-7-15(12)19/h3-9,16,20H,2,10H2,1H3. The molecule has 0 amide bonds. The van der Waals surface area contributed by atoms with Crippen LogP contribution in [0.5, 0.6) is 0 Å². The van der Waals surface area contributed by atoms with Gasteiger partial charge >= 0.3 is 0 Å². The zero-order valence-electron chi connectivity index (χ0n) is 11.2. The number of halogens is 3. The van der Waals surface area contributed by atoms with E-state index < -0.39 is 0 Å². The minimum atomic E-state index is -0.247. The van der Waals surface area contributed by atoms with E-state index in [1.807, 2.05) is 24.3 Å². The van der Waals surface area contributed by atoms with Crippen molar-refractivity contribution in [3.8, 4) is 0 Å². The predicted molar refractivity (Wildman–Crippen MR) is 82.7 cm³/mol. The van der Waals surface area contributed by atoms with E-state index in [0.717, 1.165) is 12.0 Å². The molecule has 0 aliphatic rings. The molecule has 0 bridgehead atoms. The van der Waals surface area contributed by atoms with Gasteiger partial charge in [0.2, 0.25) is 0 Å². The Balaban J connectivity index is 2.09. The summed E-state index contributed by atoms with van der Waals surface area (Å²) < 4.78 is 13.7. The number of benzene rings is 2. The molecule has 1 N–H and O–H groups in total. The highest BCUT2D eigenvalue weighted by atomic mass is 35.5. The average molecular weight is 312 g/mol. The van der Waals surface area contributed by atoms with E-state index >= 15 is 0 Å². The summed E-state index contributed by atoms with van der Waals surface area (Å²) in [4.78, 5) is 0. The third-order valence-corrected chi connectivity index (χ3v) is 3.68. The van der Waals surface area contributed by atoms with Crippen LogP contribution in [0, 0.1) is 5.82 Å². The quantitative estimate of drug-likeness (QED) is 0.782. The molecule has 0 fully saturated rings.